The third kappa shape index (κ3) is 3.55. The quantitative estimate of drug-likeness (QED) is 0.460. The number of fused-ring (bicyclic) bond motifs is 2. The Kier molecular flexibility index (Phi) is 4.22. The molecule has 1 N–H and O–H groups in total. The summed E-state index contributed by atoms with van der Waals surface area (Å²) >= 11 is 5.91. The van der Waals surface area contributed by atoms with Crippen molar-refractivity contribution >= 4 is 39.7 Å². The topological polar surface area (TPSA) is 77.1 Å². The van der Waals surface area contributed by atoms with Gasteiger partial charge in [0.15, 0.2) is 0 Å². The van der Waals surface area contributed by atoms with Crippen LogP contribution in [0, 0.1) is 0 Å². The molecule has 29 heavy (non-hydrogen) atoms. The minimum atomic E-state index is -0.214. The molecule has 5 rings (SSSR count). The second-order valence-corrected chi connectivity index (χ2v) is 7.01. The first-order chi connectivity index (χ1) is 14.1. The largest absolute Gasteiger partial charge is 0.319 e. The molecule has 0 spiro atoms. The van der Waals surface area contributed by atoms with Crippen molar-refractivity contribution in [2.45, 2.75) is 6.54 Å². The predicted molar refractivity (Wildman–Crippen MR) is 111 cm³/mol. The highest BCUT2D eigenvalue weighted by Crippen LogP contribution is 2.18. The summed E-state index contributed by atoms with van der Waals surface area (Å²) in [5, 5.41) is 8.46. The second kappa shape index (κ2) is 7.03. The molecular formula is C21H15ClN6O. The van der Waals surface area contributed by atoms with Gasteiger partial charge in [-0.2, -0.15) is 5.10 Å². The molecule has 142 valence electrons. The molecule has 4 heterocycles. The Balaban J connectivity index is 1.31. The van der Waals surface area contributed by atoms with E-state index in [2.05, 4.69) is 20.4 Å². The Morgan fingerprint density at radius 3 is 2.90 bits per heavy atom. The second-order valence-electron chi connectivity index (χ2n) is 6.62. The standard InChI is InChI=1S/C21H15ClN6O/c22-19-7-5-14-9-15(4-6-18(14)26-19)21(29)25-16-10-23-28(12-16)13-17-11-27-8-2-1-3-20(27)24-17/h1-12H,13H2,(H,25,29). The van der Waals surface area contributed by atoms with Crippen molar-refractivity contribution in [1.29, 1.82) is 0 Å². The van der Waals surface area contributed by atoms with Gasteiger partial charge in [-0.1, -0.05) is 17.7 Å². The van der Waals surface area contributed by atoms with Gasteiger partial charge in [0.25, 0.3) is 5.91 Å². The minimum Gasteiger partial charge on any atom is -0.319 e. The summed E-state index contributed by atoms with van der Waals surface area (Å²) in [7, 11) is 0. The van der Waals surface area contributed by atoms with Gasteiger partial charge in [0.1, 0.15) is 10.8 Å². The SMILES string of the molecule is O=C(Nc1cnn(Cc2cn3ccccc3n2)c1)c1ccc2nc(Cl)ccc2c1. The van der Waals surface area contributed by atoms with E-state index in [1.165, 1.54) is 0 Å². The monoisotopic (exact) mass is 402 g/mol. The molecule has 0 saturated heterocycles. The molecule has 0 atom stereocenters. The van der Waals surface area contributed by atoms with Crippen molar-refractivity contribution in [3.05, 3.63) is 89.7 Å². The lowest BCUT2D eigenvalue weighted by molar-refractivity contribution is 0.102. The Bertz CT molecular complexity index is 1320. The fourth-order valence-corrected chi connectivity index (χ4v) is 3.34. The fourth-order valence-electron chi connectivity index (χ4n) is 3.19. The van der Waals surface area contributed by atoms with E-state index in [1.54, 1.807) is 41.3 Å². The van der Waals surface area contributed by atoms with E-state index >= 15 is 0 Å². The number of halogens is 1. The van der Waals surface area contributed by atoms with Gasteiger partial charge in [-0.05, 0) is 42.5 Å². The smallest absolute Gasteiger partial charge is 0.255 e. The van der Waals surface area contributed by atoms with Gasteiger partial charge in [0.05, 0.1) is 29.6 Å². The van der Waals surface area contributed by atoms with Crippen LogP contribution in [0.15, 0.2) is 73.3 Å². The third-order valence-corrected chi connectivity index (χ3v) is 4.76. The number of carbonyl (C=O) groups is 1. The summed E-state index contributed by atoms with van der Waals surface area (Å²) in [4.78, 5) is 21.4. The van der Waals surface area contributed by atoms with E-state index in [0.29, 0.717) is 22.9 Å². The van der Waals surface area contributed by atoms with Gasteiger partial charge in [0, 0.05) is 29.5 Å². The molecule has 0 fully saturated rings. The first kappa shape index (κ1) is 17.4. The molecule has 0 aliphatic carbocycles. The number of hydrogen-bond donors (Lipinski definition) is 1. The van der Waals surface area contributed by atoms with Gasteiger partial charge in [-0.25, -0.2) is 9.97 Å². The van der Waals surface area contributed by atoms with Crippen LogP contribution < -0.4 is 5.32 Å². The summed E-state index contributed by atoms with van der Waals surface area (Å²) in [6.07, 6.45) is 7.32. The molecule has 0 aliphatic heterocycles. The molecule has 7 nitrogen and oxygen atoms in total. The summed E-state index contributed by atoms with van der Waals surface area (Å²) in [5.41, 5.74) is 3.67. The number of aromatic nitrogens is 5. The van der Waals surface area contributed by atoms with Crippen molar-refractivity contribution in [2.75, 3.05) is 5.32 Å². The molecule has 0 radical (unpaired) electrons. The highest BCUT2D eigenvalue weighted by Gasteiger charge is 2.10. The molecule has 5 aromatic rings. The lowest BCUT2D eigenvalue weighted by Gasteiger charge is -2.04. The fraction of sp³-hybridized carbons (Fsp3) is 0.0476. The number of imidazole rings is 1. The van der Waals surface area contributed by atoms with Crippen LogP contribution in [0.3, 0.4) is 0 Å². The van der Waals surface area contributed by atoms with E-state index in [9.17, 15) is 4.79 Å². The molecule has 1 aromatic carbocycles. The van der Waals surface area contributed by atoms with E-state index in [0.717, 1.165) is 22.2 Å². The van der Waals surface area contributed by atoms with Crippen LogP contribution in [0.1, 0.15) is 16.1 Å². The van der Waals surface area contributed by atoms with E-state index in [4.69, 9.17) is 11.6 Å². The number of hydrogen-bond acceptors (Lipinski definition) is 4. The Morgan fingerprint density at radius 2 is 2.00 bits per heavy atom. The van der Waals surface area contributed by atoms with Gasteiger partial charge in [-0.3, -0.25) is 9.48 Å². The van der Waals surface area contributed by atoms with E-state index in [1.807, 2.05) is 41.1 Å². The zero-order chi connectivity index (χ0) is 19.8. The molecule has 0 aliphatic rings. The van der Waals surface area contributed by atoms with Crippen LogP contribution >= 0.6 is 11.6 Å². The van der Waals surface area contributed by atoms with E-state index in [-0.39, 0.29) is 5.91 Å². The number of nitrogens with one attached hydrogen (secondary N) is 1. The normalized spacial score (nSPS) is 11.2. The van der Waals surface area contributed by atoms with Crippen LogP contribution in [0.25, 0.3) is 16.6 Å². The zero-order valence-electron chi connectivity index (χ0n) is 15.2. The summed E-state index contributed by atoms with van der Waals surface area (Å²) in [5.74, 6) is -0.214. The summed E-state index contributed by atoms with van der Waals surface area (Å²) in [6, 6.07) is 14.7. The van der Waals surface area contributed by atoms with Crippen molar-refractivity contribution in [3.63, 3.8) is 0 Å². The summed E-state index contributed by atoms with van der Waals surface area (Å²) < 4.78 is 3.70. The zero-order valence-corrected chi connectivity index (χ0v) is 15.9. The van der Waals surface area contributed by atoms with Gasteiger partial charge < -0.3 is 9.72 Å². The van der Waals surface area contributed by atoms with Crippen LogP contribution in [0.4, 0.5) is 5.69 Å². The Morgan fingerprint density at radius 1 is 1.07 bits per heavy atom. The molecular weight excluding hydrogens is 388 g/mol. The number of benzene rings is 1. The third-order valence-electron chi connectivity index (χ3n) is 4.55. The van der Waals surface area contributed by atoms with Crippen LogP contribution in [0.5, 0.6) is 0 Å². The lowest BCUT2D eigenvalue weighted by atomic mass is 10.1. The van der Waals surface area contributed by atoms with Gasteiger partial charge in [-0.15, -0.1) is 0 Å². The summed E-state index contributed by atoms with van der Waals surface area (Å²) in [6.45, 7) is 0.514. The predicted octanol–water partition coefficient (Wildman–Crippen LogP) is 4.03. The van der Waals surface area contributed by atoms with Crippen molar-refractivity contribution in [2.24, 2.45) is 0 Å². The highest BCUT2D eigenvalue weighted by molar-refractivity contribution is 6.29. The Hall–Kier alpha value is -3.71. The lowest BCUT2D eigenvalue weighted by Crippen LogP contribution is -2.11. The maximum absolute atomic E-state index is 12.6. The van der Waals surface area contributed by atoms with Crippen molar-refractivity contribution in [1.82, 2.24) is 24.1 Å². The van der Waals surface area contributed by atoms with Gasteiger partial charge in [0.2, 0.25) is 0 Å². The molecule has 0 unspecified atom stereocenters. The molecule has 0 saturated carbocycles. The molecule has 0 bridgehead atoms. The average molecular weight is 403 g/mol. The molecule has 1 amide bonds. The average Bonchev–Trinajstić information content (AvgIpc) is 3.33. The minimum absolute atomic E-state index is 0.214. The first-order valence-electron chi connectivity index (χ1n) is 8.97. The number of nitrogens with zero attached hydrogens (tertiary/aromatic N) is 5. The molecule has 8 heteroatoms. The Labute approximate surface area is 170 Å². The maximum Gasteiger partial charge on any atom is 0.255 e. The molecule has 4 aromatic heterocycles. The van der Waals surface area contributed by atoms with Crippen molar-refractivity contribution in [3.8, 4) is 0 Å². The van der Waals surface area contributed by atoms with Crippen LogP contribution in [-0.4, -0.2) is 30.1 Å². The van der Waals surface area contributed by atoms with Crippen LogP contribution in [-0.2, 0) is 6.54 Å². The maximum atomic E-state index is 12.6. The first-order valence-corrected chi connectivity index (χ1v) is 9.35. The van der Waals surface area contributed by atoms with Gasteiger partial charge >= 0.3 is 0 Å². The van der Waals surface area contributed by atoms with E-state index < -0.39 is 0 Å². The number of amides is 1. The number of pyridine rings is 2. The number of anilines is 1. The van der Waals surface area contributed by atoms with Crippen molar-refractivity contribution < 1.29 is 4.79 Å². The highest BCUT2D eigenvalue weighted by atomic mass is 35.5. The number of carbonyl (C=O) groups excluding carboxylic acids is 1. The van der Waals surface area contributed by atoms with Crippen LogP contribution in [0.2, 0.25) is 5.15 Å². The number of rotatable bonds is 4.